The Hall–Kier alpha value is -2.28. The maximum absolute atomic E-state index is 12.7. The lowest BCUT2D eigenvalue weighted by atomic mass is 9.89. The van der Waals surface area contributed by atoms with E-state index in [1.807, 2.05) is 41.8 Å². The molecule has 0 bridgehead atoms. The van der Waals surface area contributed by atoms with Gasteiger partial charge in [0, 0.05) is 5.92 Å². The molecule has 0 saturated heterocycles. The number of carbonyl (C=O) groups is 1. The predicted molar refractivity (Wildman–Crippen MR) is 103 cm³/mol. The Balaban J connectivity index is 1.53. The second-order valence-electron chi connectivity index (χ2n) is 6.86. The smallest absolute Gasteiger partial charge is 0.236 e. The van der Waals surface area contributed by atoms with Crippen molar-refractivity contribution in [1.82, 2.24) is 19.8 Å². The molecule has 1 amide bonds. The maximum Gasteiger partial charge on any atom is 0.236 e. The first-order valence-corrected chi connectivity index (χ1v) is 10.2. The molecule has 7 heteroatoms. The quantitative estimate of drug-likeness (QED) is 0.725. The van der Waals surface area contributed by atoms with E-state index in [0.29, 0.717) is 11.0 Å². The van der Waals surface area contributed by atoms with E-state index in [9.17, 15) is 4.79 Å². The van der Waals surface area contributed by atoms with Crippen LogP contribution >= 0.6 is 11.3 Å². The molecule has 26 heavy (non-hydrogen) atoms. The third kappa shape index (κ3) is 3.35. The largest absolute Gasteiger partial charge is 0.300 e. The van der Waals surface area contributed by atoms with Crippen molar-refractivity contribution in [2.45, 2.75) is 57.3 Å². The van der Waals surface area contributed by atoms with Gasteiger partial charge < -0.3 is 0 Å². The molecule has 1 aliphatic carbocycles. The molecule has 2 aromatic heterocycles. The van der Waals surface area contributed by atoms with Crippen molar-refractivity contribution in [3.05, 3.63) is 41.7 Å². The molecule has 6 nitrogen and oxygen atoms in total. The molecule has 2 heterocycles. The second kappa shape index (κ2) is 7.53. The fourth-order valence-corrected chi connectivity index (χ4v) is 4.50. The van der Waals surface area contributed by atoms with Crippen LogP contribution in [0.3, 0.4) is 0 Å². The van der Waals surface area contributed by atoms with Gasteiger partial charge in [-0.3, -0.25) is 10.1 Å². The average Bonchev–Trinajstić information content (AvgIpc) is 3.24. The highest BCUT2D eigenvalue weighted by Gasteiger charge is 2.24. The molecule has 1 aromatic carbocycles. The minimum atomic E-state index is -0.177. The summed E-state index contributed by atoms with van der Waals surface area (Å²) in [5.74, 6) is 1.16. The van der Waals surface area contributed by atoms with Gasteiger partial charge in [-0.2, -0.15) is 4.52 Å². The van der Waals surface area contributed by atoms with Crippen molar-refractivity contribution < 1.29 is 4.79 Å². The number of benzene rings is 1. The fourth-order valence-electron chi connectivity index (χ4n) is 3.75. The summed E-state index contributed by atoms with van der Waals surface area (Å²) in [6.07, 6.45) is 6.81. The zero-order valence-corrected chi connectivity index (χ0v) is 15.7. The molecule has 4 rings (SSSR count). The molecular formula is C19H23N5OS. The third-order valence-electron chi connectivity index (χ3n) is 5.14. The molecule has 0 spiro atoms. The van der Waals surface area contributed by atoms with Crippen molar-refractivity contribution in [1.29, 1.82) is 0 Å². The van der Waals surface area contributed by atoms with E-state index >= 15 is 0 Å². The summed E-state index contributed by atoms with van der Waals surface area (Å²) in [4.78, 5) is 13.5. The minimum absolute atomic E-state index is 0.0251. The summed E-state index contributed by atoms with van der Waals surface area (Å²) in [7, 11) is 0. The highest BCUT2D eigenvalue weighted by Crippen LogP contribution is 2.33. The van der Waals surface area contributed by atoms with E-state index in [4.69, 9.17) is 0 Å². The molecule has 1 aliphatic rings. The number of carbonyl (C=O) groups excluding carboxylic acids is 1. The third-order valence-corrected chi connectivity index (χ3v) is 5.96. The van der Waals surface area contributed by atoms with Gasteiger partial charge in [-0.15, -0.1) is 15.3 Å². The van der Waals surface area contributed by atoms with Crippen LogP contribution in [0.2, 0.25) is 0 Å². The van der Waals surface area contributed by atoms with Gasteiger partial charge >= 0.3 is 0 Å². The Kier molecular flexibility index (Phi) is 4.97. The summed E-state index contributed by atoms with van der Waals surface area (Å²) >= 11 is 1.38. The number of nitrogens with zero attached hydrogens (tertiary/aromatic N) is 4. The van der Waals surface area contributed by atoms with Crippen LogP contribution < -0.4 is 5.32 Å². The zero-order valence-electron chi connectivity index (χ0n) is 14.9. The maximum atomic E-state index is 12.7. The summed E-state index contributed by atoms with van der Waals surface area (Å²) in [6.45, 7) is 2.02. The Morgan fingerprint density at radius 1 is 1.23 bits per heavy atom. The Bertz CT molecular complexity index is 882. The van der Waals surface area contributed by atoms with Crippen molar-refractivity contribution in [3.8, 4) is 0 Å². The molecule has 1 saturated carbocycles. The number of aromatic nitrogens is 4. The van der Waals surface area contributed by atoms with Crippen molar-refractivity contribution >= 4 is 27.3 Å². The number of anilines is 1. The fraction of sp³-hybridized carbons (Fsp3) is 0.474. The predicted octanol–water partition coefficient (Wildman–Crippen LogP) is 4.37. The van der Waals surface area contributed by atoms with Crippen LogP contribution in [0.25, 0.3) is 4.96 Å². The molecule has 3 aromatic rings. The van der Waals surface area contributed by atoms with Crippen LogP contribution in [0.1, 0.15) is 68.7 Å². The Morgan fingerprint density at radius 2 is 2.00 bits per heavy atom. The first kappa shape index (κ1) is 17.1. The van der Waals surface area contributed by atoms with Crippen LogP contribution in [0.4, 0.5) is 5.13 Å². The van der Waals surface area contributed by atoms with Crippen molar-refractivity contribution in [3.63, 3.8) is 0 Å². The van der Waals surface area contributed by atoms with E-state index in [2.05, 4.69) is 20.6 Å². The van der Waals surface area contributed by atoms with Crippen LogP contribution in [-0.4, -0.2) is 25.7 Å². The number of amides is 1. The molecule has 1 N–H and O–H groups in total. The first-order valence-electron chi connectivity index (χ1n) is 9.34. The van der Waals surface area contributed by atoms with E-state index in [0.717, 1.165) is 35.6 Å². The van der Waals surface area contributed by atoms with E-state index in [-0.39, 0.29) is 11.8 Å². The summed E-state index contributed by atoms with van der Waals surface area (Å²) in [5.41, 5.74) is 1.03. The highest BCUT2D eigenvalue weighted by molar-refractivity contribution is 7.20. The summed E-state index contributed by atoms with van der Waals surface area (Å²) in [6, 6.07) is 9.88. The average molecular weight is 369 g/mol. The number of rotatable bonds is 5. The SMILES string of the molecule is CC[C@@H](C(=O)Nc1nn2c(C3CCCCC3)nnc2s1)c1ccccc1. The van der Waals surface area contributed by atoms with Gasteiger partial charge in [-0.05, 0) is 24.8 Å². The number of nitrogens with one attached hydrogen (secondary N) is 1. The van der Waals surface area contributed by atoms with E-state index < -0.39 is 0 Å². The van der Waals surface area contributed by atoms with Gasteiger partial charge in [-0.1, -0.05) is 67.9 Å². The first-order chi connectivity index (χ1) is 12.8. The van der Waals surface area contributed by atoms with Crippen LogP contribution in [-0.2, 0) is 4.79 Å². The molecule has 0 radical (unpaired) electrons. The Labute approximate surface area is 156 Å². The van der Waals surface area contributed by atoms with Crippen LogP contribution in [0.15, 0.2) is 30.3 Å². The van der Waals surface area contributed by atoms with Crippen LogP contribution in [0, 0.1) is 0 Å². The zero-order chi connectivity index (χ0) is 17.9. The van der Waals surface area contributed by atoms with Gasteiger partial charge in [0.1, 0.15) is 0 Å². The molecule has 0 aliphatic heterocycles. The number of hydrogen-bond donors (Lipinski definition) is 1. The van der Waals surface area contributed by atoms with Crippen LogP contribution in [0.5, 0.6) is 0 Å². The molecule has 136 valence electrons. The second-order valence-corrected chi connectivity index (χ2v) is 7.81. The number of hydrogen-bond acceptors (Lipinski definition) is 5. The summed E-state index contributed by atoms with van der Waals surface area (Å²) < 4.78 is 1.82. The van der Waals surface area contributed by atoms with Gasteiger partial charge in [0.15, 0.2) is 5.82 Å². The summed E-state index contributed by atoms with van der Waals surface area (Å²) in [5, 5.41) is 16.8. The monoisotopic (exact) mass is 369 g/mol. The van der Waals surface area contributed by atoms with Gasteiger partial charge in [-0.25, -0.2) is 0 Å². The lowest BCUT2D eigenvalue weighted by Gasteiger charge is -2.18. The van der Waals surface area contributed by atoms with Gasteiger partial charge in [0.05, 0.1) is 5.92 Å². The normalized spacial score (nSPS) is 16.7. The standard InChI is InChI=1S/C19H23N5OS/c1-2-15(13-9-5-3-6-10-13)17(25)20-18-23-24-16(21-22-19(24)26-18)14-11-7-4-8-12-14/h3,5-6,9-10,14-15H,2,4,7-8,11-12H2,1H3,(H,20,23,25)/t15-/m1/s1. The van der Waals surface area contributed by atoms with Crippen molar-refractivity contribution in [2.24, 2.45) is 0 Å². The van der Waals surface area contributed by atoms with E-state index in [1.54, 1.807) is 0 Å². The van der Waals surface area contributed by atoms with E-state index in [1.165, 1.54) is 30.6 Å². The van der Waals surface area contributed by atoms with Gasteiger partial charge in [0.2, 0.25) is 16.0 Å². The lowest BCUT2D eigenvalue weighted by Crippen LogP contribution is -2.20. The molecule has 1 fully saturated rings. The molecule has 0 unspecified atom stereocenters. The Morgan fingerprint density at radius 3 is 2.73 bits per heavy atom. The molecule has 1 atom stereocenters. The molecular weight excluding hydrogens is 346 g/mol. The lowest BCUT2D eigenvalue weighted by molar-refractivity contribution is -0.117. The van der Waals surface area contributed by atoms with Crippen molar-refractivity contribution in [2.75, 3.05) is 5.32 Å². The minimum Gasteiger partial charge on any atom is -0.300 e. The topological polar surface area (TPSA) is 72.2 Å². The van der Waals surface area contributed by atoms with Gasteiger partial charge in [0.25, 0.3) is 0 Å². The number of fused-ring (bicyclic) bond motifs is 1. The highest BCUT2D eigenvalue weighted by atomic mass is 32.1.